The van der Waals surface area contributed by atoms with Gasteiger partial charge < -0.3 is 20.1 Å². The number of benzene rings is 2. The van der Waals surface area contributed by atoms with Crippen LogP contribution in [0.25, 0.3) is 11.3 Å². The van der Waals surface area contributed by atoms with Crippen LogP contribution in [0.2, 0.25) is 0 Å². The van der Waals surface area contributed by atoms with Gasteiger partial charge in [-0.2, -0.15) is 0 Å². The molecular formula is C24H28N4O2S. The van der Waals surface area contributed by atoms with Gasteiger partial charge in [0, 0.05) is 36.5 Å². The number of aryl methyl sites for hydroxylation is 1. The van der Waals surface area contributed by atoms with Crippen LogP contribution in [-0.4, -0.2) is 37.3 Å². The molecule has 31 heavy (non-hydrogen) atoms. The second-order valence-electron chi connectivity index (χ2n) is 7.49. The third-order valence-electron chi connectivity index (χ3n) is 5.10. The van der Waals surface area contributed by atoms with Gasteiger partial charge in [-0.15, -0.1) is 11.3 Å². The quantitative estimate of drug-likeness (QED) is 0.430. The highest BCUT2D eigenvalue weighted by Crippen LogP contribution is 2.24. The molecule has 1 fully saturated rings. The van der Waals surface area contributed by atoms with E-state index in [1.54, 1.807) is 18.4 Å². The standard InChI is InChI=1S/C24H28N4O2S/c1-17-8-9-19(22(12-17)30-20-10-11-29-15-20)13-26-24(25-2)27-14-23-28-21(16-31-23)18-6-4-3-5-7-18/h3-9,12,16,20H,10-11,13-15H2,1-2H3,(H2,25,26,27). The monoisotopic (exact) mass is 436 g/mol. The Labute approximate surface area is 187 Å². The van der Waals surface area contributed by atoms with Gasteiger partial charge in [0.2, 0.25) is 0 Å². The first-order valence-corrected chi connectivity index (χ1v) is 11.4. The van der Waals surface area contributed by atoms with Gasteiger partial charge in [-0.05, 0) is 18.6 Å². The molecular weight excluding hydrogens is 408 g/mol. The van der Waals surface area contributed by atoms with E-state index in [0.29, 0.717) is 19.7 Å². The van der Waals surface area contributed by atoms with E-state index in [9.17, 15) is 0 Å². The van der Waals surface area contributed by atoms with Gasteiger partial charge in [0.25, 0.3) is 0 Å². The van der Waals surface area contributed by atoms with Gasteiger partial charge in [0.15, 0.2) is 5.96 Å². The Morgan fingerprint density at radius 2 is 2.03 bits per heavy atom. The topological polar surface area (TPSA) is 67.8 Å². The fourth-order valence-corrected chi connectivity index (χ4v) is 4.14. The van der Waals surface area contributed by atoms with E-state index in [0.717, 1.165) is 46.6 Å². The van der Waals surface area contributed by atoms with Crippen LogP contribution in [0.5, 0.6) is 5.75 Å². The van der Waals surface area contributed by atoms with Gasteiger partial charge in [-0.25, -0.2) is 4.98 Å². The van der Waals surface area contributed by atoms with E-state index < -0.39 is 0 Å². The van der Waals surface area contributed by atoms with E-state index >= 15 is 0 Å². The predicted octanol–water partition coefficient (Wildman–Crippen LogP) is 4.15. The second kappa shape index (κ2) is 10.4. The number of aliphatic imine (C=N–C) groups is 1. The van der Waals surface area contributed by atoms with Gasteiger partial charge >= 0.3 is 0 Å². The molecule has 2 aromatic carbocycles. The summed E-state index contributed by atoms with van der Waals surface area (Å²) in [6, 6.07) is 16.5. The van der Waals surface area contributed by atoms with Crippen molar-refractivity contribution in [2.75, 3.05) is 20.3 Å². The summed E-state index contributed by atoms with van der Waals surface area (Å²) in [4.78, 5) is 9.07. The highest BCUT2D eigenvalue weighted by molar-refractivity contribution is 7.09. The van der Waals surface area contributed by atoms with Crippen molar-refractivity contribution in [2.24, 2.45) is 4.99 Å². The zero-order valence-corrected chi connectivity index (χ0v) is 18.7. The van der Waals surface area contributed by atoms with Crippen LogP contribution in [0.15, 0.2) is 58.9 Å². The molecule has 1 aromatic heterocycles. The van der Waals surface area contributed by atoms with Crippen molar-refractivity contribution in [1.29, 1.82) is 0 Å². The maximum absolute atomic E-state index is 6.19. The number of guanidine groups is 1. The Balaban J connectivity index is 1.33. The van der Waals surface area contributed by atoms with Crippen molar-refractivity contribution >= 4 is 17.3 Å². The number of ether oxygens (including phenoxy) is 2. The lowest BCUT2D eigenvalue weighted by molar-refractivity contribution is 0.140. The molecule has 1 aliphatic rings. The lowest BCUT2D eigenvalue weighted by atomic mass is 10.1. The normalized spacial score (nSPS) is 16.3. The summed E-state index contributed by atoms with van der Waals surface area (Å²) >= 11 is 1.64. The largest absolute Gasteiger partial charge is 0.488 e. The average Bonchev–Trinajstić information content (AvgIpc) is 3.48. The highest BCUT2D eigenvalue weighted by atomic mass is 32.1. The Kier molecular flexibility index (Phi) is 7.17. The van der Waals surface area contributed by atoms with Crippen LogP contribution in [0.1, 0.15) is 22.6 Å². The molecule has 162 valence electrons. The lowest BCUT2D eigenvalue weighted by Gasteiger charge is -2.18. The molecule has 0 amide bonds. The number of hydrogen-bond acceptors (Lipinski definition) is 5. The number of aromatic nitrogens is 1. The summed E-state index contributed by atoms with van der Waals surface area (Å²) in [5.74, 6) is 1.64. The minimum atomic E-state index is 0.127. The van der Waals surface area contributed by atoms with Crippen LogP contribution in [0.3, 0.4) is 0 Å². The molecule has 1 aliphatic heterocycles. The Bertz CT molecular complexity index is 1010. The number of rotatable bonds is 7. The van der Waals surface area contributed by atoms with Crippen molar-refractivity contribution in [3.8, 4) is 17.0 Å². The maximum atomic E-state index is 6.19. The summed E-state index contributed by atoms with van der Waals surface area (Å²) in [6.07, 6.45) is 1.06. The van der Waals surface area contributed by atoms with Gasteiger partial charge in [0.05, 0.1) is 25.5 Å². The van der Waals surface area contributed by atoms with Crippen LogP contribution < -0.4 is 15.4 Å². The van der Waals surface area contributed by atoms with E-state index in [2.05, 4.69) is 58.3 Å². The van der Waals surface area contributed by atoms with Crippen LogP contribution in [-0.2, 0) is 17.8 Å². The second-order valence-corrected chi connectivity index (χ2v) is 8.43. The first kappa shape index (κ1) is 21.3. The molecule has 0 bridgehead atoms. The summed E-state index contributed by atoms with van der Waals surface area (Å²) < 4.78 is 11.6. The third kappa shape index (κ3) is 5.83. The van der Waals surface area contributed by atoms with E-state index in [1.807, 2.05) is 18.2 Å². The van der Waals surface area contributed by atoms with E-state index in [4.69, 9.17) is 14.5 Å². The van der Waals surface area contributed by atoms with Gasteiger partial charge in [-0.3, -0.25) is 4.99 Å². The molecule has 7 heteroatoms. The summed E-state index contributed by atoms with van der Waals surface area (Å²) in [5, 5.41) is 9.84. The zero-order valence-electron chi connectivity index (χ0n) is 17.9. The molecule has 1 saturated heterocycles. The SMILES string of the molecule is CN=C(NCc1nc(-c2ccccc2)cs1)NCc1ccc(C)cc1OC1CCOC1. The van der Waals surface area contributed by atoms with Gasteiger partial charge in [0.1, 0.15) is 16.9 Å². The van der Waals surface area contributed by atoms with Gasteiger partial charge in [-0.1, -0.05) is 42.5 Å². The zero-order chi connectivity index (χ0) is 21.5. The van der Waals surface area contributed by atoms with Crippen LogP contribution >= 0.6 is 11.3 Å². The van der Waals surface area contributed by atoms with Crippen LogP contribution in [0, 0.1) is 6.92 Å². The fourth-order valence-electron chi connectivity index (χ4n) is 3.40. The Hall–Kier alpha value is -2.90. The van der Waals surface area contributed by atoms with Crippen molar-refractivity contribution in [3.63, 3.8) is 0 Å². The molecule has 4 rings (SSSR count). The number of nitrogens with zero attached hydrogens (tertiary/aromatic N) is 2. The molecule has 0 aliphatic carbocycles. The molecule has 2 N–H and O–H groups in total. The predicted molar refractivity (Wildman–Crippen MR) is 126 cm³/mol. The molecule has 1 atom stereocenters. The number of nitrogens with one attached hydrogen (secondary N) is 2. The fraction of sp³-hybridized carbons (Fsp3) is 0.333. The van der Waals surface area contributed by atoms with Crippen molar-refractivity contribution in [2.45, 2.75) is 32.5 Å². The summed E-state index contributed by atoms with van der Waals surface area (Å²) in [5.41, 5.74) is 4.41. The van der Waals surface area contributed by atoms with E-state index in [-0.39, 0.29) is 6.10 Å². The number of hydrogen-bond donors (Lipinski definition) is 2. The van der Waals surface area contributed by atoms with E-state index in [1.165, 1.54) is 5.56 Å². The minimum absolute atomic E-state index is 0.127. The molecule has 3 aromatic rings. The molecule has 2 heterocycles. The number of thiazole rings is 1. The molecule has 6 nitrogen and oxygen atoms in total. The van der Waals surface area contributed by atoms with Crippen molar-refractivity contribution < 1.29 is 9.47 Å². The smallest absolute Gasteiger partial charge is 0.191 e. The summed E-state index contributed by atoms with van der Waals surface area (Å²) in [7, 11) is 1.77. The third-order valence-corrected chi connectivity index (χ3v) is 5.95. The van der Waals surface area contributed by atoms with Crippen molar-refractivity contribution in [3.05, 3.63) is 70.0 Å². The summed E-state index contributed by atoms with van der Waals surface area (Å²) in [6.45, 7) is 4.74. The molecule has 0 radical (unpaired) electrons. The molecule has 0 saturated carbocycles. The average molecular weight is 437 g/mol. The van der Waals surface area contributed by atoms with Crippen LogP contribution in [0.4, 0.5) is 0 Å². The molecule has 0 spiro atoms. The first-order chi connectivity index (χ1) is 15.2. The Morgan fingerprint density at radius 1 is 1.19 bits per heavy atom. The minimum Gasteiger partial charge on any atom is -0.488 e. The lowest BCUT2D eigenvalue weighted by Crippen LogP contribution is -2.36. The molecule has 1 unspecified atom stereocenters. The maximum Gasteiger partial charge on any atom is 0.191 e. The Morgan fingerprint density at radius 3 is 2.81 bits per heavy atom. The first-order valence-electron chi connectivity index (χ1n) is 10.5. The highest BCUT2D eigenvalue weighted by Gasteiger charge is 2.18. The van der Waals surface area contributed by atoms with Crippen molar-refractivity contribution in [1.82, 2.24) is 15.6 Å².